The molecule has 9 heteroatoms. The third-order valence-corrected chi connectivity index (χ3v) is 4.17. The molecule has 0 aliphatic rings. The number of nitrogens with zero attached hydrogens (tertiary/aromatic N) is 3. The van der Waals surface area contributed by atoms with E-state index in [1.54, 1.807) is 24.5 Å². The van der Waals surface area contributed by atoms with Crippen molar-refractivity contribution in [1.82, 2.24) is 15.2 Å². The van der Waals surface area contributed by atoms with E-state index < -0.39 is 11.7 Å². The number of thiazole rings is 1. The number of hydrogen-bond acceptors (Lipinski definition) is 3. The molecule has 1 aromatic heterocycles. The Labute approximate surface area is 166 Å². The maximum Gasteiger partial charge on any atom is 0.416 e. The fraction of sp³-hybridized carbons (Fsp3) is 0.375. The summed E-state index contributed by atoms with van der Waals surface area (Å²) in [6.45, 7) is 2.78. The molecular weight excluding hydrogens is 464 g/mol. The number of aromatic nitrogens is 1. The number of benzene rings is 1. The van der Waals surface area contributed by atoms with Crippen LogP contribution in [0.25, 0.3) is 0 Å². The molecule has 1 aromatic carbocycles. The van der Waals surface area contributed by atoms with Crippen LogP contribution in [0.2, 0.25) is 0 Å². The lowest BCUT2D eigenvalue weighted by atomic mass is 10.1. The zero-order valence-electron chi connectivity index (χ0n) is 14.1. The minimum Gasteiger partial charge on any atom is -0.352 e. The van der Waals surface area contributed by atoms with Crippen molar-refractivity contribution in [3.05, 3.63) is 51.5 Å². The van der Waals surface area contributed by atoms with Crippen LogP contribution in [0, 0.1) is 6.92 Å². The maximum absolute atomic E-state index is 12.7. The monoisotopic (exact) mass is 484 g/mol. The molecule has 0 amide bonds. The minimum atomic E-state index is -4.34. The molecule has 0 saturated heterocycles. The van der Waals surface area contributed by atoms with E-state index in [9.17, 15) is 13.2 Å². The molecule has 0 radical (unpaired) electrons. The van der Waals surface area contributed by atoms with E-state index in [-0.39, 0.29) is 30.5 Å². The zero-order chi connectivity index (χ0) is 17.7. The molecule has 1 N–H and O–H groups in total. The molecule has 0 aliphatic heterocycles. The van der Waals surface area contributed by atoms with Crippen molar-refractivity contribution in [3.63, 3.8) is 0 Å². The number of nitrogens with one attached hydrogen (secondary N) is 1. The Balaban J connectivity index is 0.00000312. The molecule has 2 aromatic rings. The first-order valence-electron chi connectivity index (χ1n) is 7.28. The van der Waals surface area contributed by atoms with Crippen LogP contribution in [0.3, 0.4) is 0 Å². The zero-order valence-corrected chi connectivity index (χ0v) is 17.2. The second-order valence-corrected chi connectivity index (χ2v) is 6.38. The van der Waals surface area contributed by atoms with Gasteiger partial charge in [-0.1, -0.05) is 12.1 Å². The van der Waals surface area contributed by atoms with Gasteiger partial charge in [0.1, 0.15) is 0 Å². The highest BCUT2D eigenvalue weighted by molar-refractivity contribution is 14.0. The normalized spacial score (nSPS) is 11.8. The smallest absolute Gasteiger partial charge is 0.352 e. The Morgan fingerprint density at radius 2 is 2.08 bits per heavy atom. The average Bonchev–Trinajstić information content (AvgIpc) is 2.92. The molecule has 0 fully saturated rings. The van der Waals surface area contributed by atoms with E-state index in [0.29, 0.717) is 18.1 Å². The summed E-state index contributed by atoms with van der Waals surface area (Å²) >= 11 is 1.58. The van der Waals surface area contributed by atoms with Crippen LogP contribution in [0.4, 0.5) is 13.2 Å². The van der Waals surface area contributed by atoms with Crippen molar-refractivity contribution in [2.24, 2.45) is 4.99 Å². The number of rotatable bonds is 4. The average molecular weight is 484 g/mol. The van der Waals surface area contributed by atoms with Gasteiger partial charge in [0, 0.05) is 26.0 Å². The van der Waals surface area contributed by atoms with Crippen molar-refractivity contribution < 1.29 is 13.2 Å². The lowest BCUT2D eigenvalue weighted by Crippen LogP contribution is -2.38. The molecule has 0 unspecified atom stereocenters. The fourth-order valence-corrected chi connectivity index (χ4v) is 2.83. The van der Waals surface area contributed by atoms with Crippen LogP contribution in [0.1, 0.15) is 21.8 Å². The molecule has 0 atom stereocenters. The van der Waals surface area contributed by atoms with E-state index in [4.69, 9.17) is 0 Å². The first kappa shape index (κ1) is 21.7. The van der Waals surface area contributed by atoms with Crippen molar-refractivity contribution in [2.75, 3.05) is 14.1 Å². The van der Waals surface area contributed by atoms with Crippen LogP contribution in [0.5, 0.6) is 0 Å². The predicted octanol–water partition coefficient (Wildman–Crippen LogP) is 4.30. The third kappa shape index (κ3) is 6.46. The number of guanidine groups is 1. The summed E-state index contributed by atoms with van der Waals surface area (Å²) in [7, 11) is 3.49. The van der Waals surface area contributed by atoms with Gasteiger partial charge in [0.2, 0.25) is 0 Å². The summed E-state index contributed by atoms with van der Waals surface area (Å²) in [5, 5.41) is 6.04. The summed E-state index contributed by atoms with van der Waals surface area (Å²) in [5.41, 5.74) is 0.828. The molecular formula is C16H20F3IN4S. The fourth-order valence-electron chi connectivity index (χ4n) is 2.22. The Bertz CT molecular complexity index is 715. The molecule has 1 heterocycles. The Kier molecular flexibility index (Phi) is 8.13. The van der Waals surface area contributed by atoms with Gasteiger partial charge in [-0.15, -0.1) is 35.3 Å². The van der Waals surface area contributed by atoms with Crippen LogP contribution < -0.4 is 5.32 Å². The van der Waals surface area contributed by atoms with Gasteiger partial charge in [0.15, 0.2) is 5.96 Å². The highest BCUT2D eigenvalue weighted by Gasteiger charge is 2.30. The van der Waals surface area contributed by atoms with Crippen molar-refractivity contribution in [3.8, 4) is 0 Å². The first-order valence-corrected chi connectivity index (χ1v) is 8.16. The van der Waals surface area contributed by atoms with Crippen molar-refractivity contribution >= 4 is 41.3 Å². The van der Waals surface area contributed by atoms with Crippen molar-refractivity contribution in [2.45, 2.75) is 26.2 Å². The summed E-state index contributed by atoms with van der Waals surface area (Å²) in [6, 6.07) is 5.27. The van der Waals surface area contributed by atoms with Crippen LogP contribution in [-0.2, 0) is 19.3 Å². The Hall–Kier alpha value is -1.36. The molecule has 25 heavy (non-hydrogen) atoms. The van der Waals surface area contributed by atoms with E-state index in [0.717, 1.165) is 22.8 Å². The second kappa shape index (κ2) is 9.37. The molecule has 4 nitrogen and oxygen atoms in total. The number of hydrogen-bond donors (Lipinski definition) is 1. The van der Waals surface area contributed by atoms with Crippen LogP contribution in [-0.4, -0.2) is 29.9 Å². The second-order valence-electron chi connectivity index (χ2n) is 5.31. The SMILES string of the molecule is CN=C(NCc1cccc(C(F)(F)F)c1)N(C)Cc1csc(C)n1.I. The van der Waals surface area contributed by atoms with Crippen LogP contribution in [0.15, 0.2) is 34.6 Å². The van der Waals surface area contributed by atoms with Gasteiger partial charge >= 0.3 is 6.18 Å². The largest absolute Gasteiger partial charge is 0.416 e. The van der Waals surface area contributed by atoms with Gasteiger partial charge in [-0.05, 0) is 24.6 Å². The van der Waals surface area contributed by atoms with Crippen LogP contribution >= 0.6 is 35.3 Å². The Morgan fingerprint density at radius 3 is 2.64 bits per heavy atom. The van der Waals surface area contributed by atoms with E-state index >= 15 is 0 Å². The van der Waals surface area contributed by atoms with E-state index in [1.165, 1.54) is 6.07 Å². The molecule has 0 saturated carbocycles. The minimum absolute atomic E-state index is 0. The summed E-state index contributed by atoms with van der Waals surface area (Å²) in [6.07, 6.45) is -4.34. The molecule has 0 bridgehead atoms. The molecule has 0 aliphatic carbocycles. The number of halogens is 4. The summed E-state index contributed by atoms with van der Waals surface area (Å²) in [4.78, 5) is 10.4. The van der Waals surface area contributed by atoms with Gasteiger partial charge < -0.3 is 10.2 Å². The van der Waals surface area contributed by atoms with E-state index in [1.807, 2.05) is 24.3 Å². The van der Waals surface area contributed by atoms with Gasteiger partial charge in [0.25, 0.3) is 0 Å². The number of alkyl halides is 3. The summed E-state index contributed by atoms with van der Waals surface area (Å²) < 4.78 is 38.2. The highest BCUT2D eigenvalue weighted by atomic mass is 127. The lowest BCUT2D eigenvalue weighted by Gasteiger charge is -2.21. The third-order valence-electron chi connectivity index (χ3n) is 3.34. The van der Waals surface area contributed by atoms with Gasteiger partial charge in [-0.3, -0.25) is 4.99 Å². The molecule has 138 valence electrons. The maximum atomic E-state index is 12.7. The van der Waals surface area contributed by atoms with Crippen molar-refractivity contribution in [1.29, 1.82) is 0 Å². The predicted molar refractivity (Wildman–Crippen MR) is 105 cm³/mol. The highest BCUT2D eigenvalue weighted by Crippen LogP contribution is 2.29. The number of aliphatic imine (C=N–C) groups is 1. The topological polar surface area (TPSA) is 40.5 Å². The molecule has 2 rings (SSSR count). The lowest BCUT2D eigenvalue weighted by molar-refractivity contribution is -0.137. The van der Waals surface area contributed by atoms with Gasteiger partial charge in [-0.2, -0.15) is 13.2 Å². The summed E-state index contributed by atoms with van der Waals surface area (Å²) in [5.74, 6) is 0.595. The standard InChI is InChI=1S/C16H19F3N4S.HI/c1-11-22-14(10-24-11)9-23(3)15(20-2)21-8-12-5-4-6-13(7-12)16(17,18)19;/h4-7,10H,8-9H2,1-3H3,(H,20,21);1H. The Morgan fingerprint density at radius 1 is 1.36 bits per heavy atom. The molecule has 0 spiro atoms. The van der Waals surface area contributed by atoms with E-state index in [2.05, 4.69) is 15.3 Å². The van der Waals surface area contributed by atoms with Gasteiger partial charge in [-0.25, -0.2) is 4.98 Å². The van der Waals surface area contributed by atoms with Gasteiger partial charge in [0.05, 0.1) is 22.8 Å². The first-order chi connectivity index (χ1) is 11.3. The quantitative estimate of drug-likeness (QED) is 0.400. The number of aryl methyl sites for hydroxylation is 1.